The third-order valence-corrected chi connectivity index (χ3v) is 6.68. The van der Waals surface area contributed by atoms with Gasteiger partial charge in [0.25, 0.3) is 0 Å². The van der Waals surface area contributed by atoms with Gasteiger partial charge in [0.2, 0.25) is 0 Å². The second-order valence-corrected chi connectivity index (χ2v) is 9.24. The molecule has 0 aromatic carbocycles. The Morgan fingerprint density at radius 1 is 0.778 bits per heavy atom. The summed E-state index contributed by atoms with van der Waals surface area (Å²) < 4.78 is 0. The molecule has 0 nitrogen and oxygen atoms in total. The van der Waals surface area contributed by atoms with Crippen LogP contribution in [0.4, 0.5) is 0 Å². The quantitative estimate of drug-likeness (QED) is 0.224. The first-order chi connectivity index (χ1) is 13.0. The Bertz CT molecular complexity index is 685. The molecule has 0 rings (SSSR count). The summed E-state index contributed by atoms with van der Waals surface area (Å²) in [6.07, 6.45) is 5.81. The lowest BCUT2D eigenvalue weighted by atomic mass is 10.0. The highest BCUT2D eigenvalue weighted by Gasteiger charge is 2.10. The Labute approximate surface area is 179 Å². The molecule has 0 aliphatic heterocycles. The minimum Gasteiger partial charge on any atom is -0.165 e. The zero-order valence-corrected chi connectivity index (χ0v) is 19.3. The van der Waals surface area contributed by atoms with Crippen LogP contribution < -0.4 is 0 Å². The smallest absolute Gasteiger partial charge is 0.0129 e. The van der Waals surface area contributed by atoms with Crippen LogP contribution in [0.2, 0.25) is 0 Å². The van der Waals surface area contributed by atoms with Crippen LogP contribution in [0.25, 0.3) is 0 Å². The monoisotopic (exact) mass is 414 g/mol. The molecule has 0 atom stereocenters. The first-order valence-electron chi connectivity index (χ1n) is 8.82. The average Bonchev–Trinajstić information content (AvgIpc) is 2.67. The number of hydrogen-bond acceptors (Lipinski definition) is 3. The number of allylic oxidation sites excluding steroid dienone is 2. The molecular formula is C24H30S3. The van der Waals surface area contributed by atoms with Gasteiger partial charge in [-0.1, -0.05) is 36.1 Å². The van der Waals surface area contributed by atoms with E-state index >= 15 is 0 Å². The molecule has 0 aliphatic carbocycles. The predicted molar refractivity (Wildman–Crippen MR) is 130 cm³/mol. The van der Waals surface area contributed by atoms with Gasteiger partial charge in [0.05, 0.1) is 0 Å². The average molecular weight is 415 g/mol. The van der Waals surface area contributed by atoms with Crippen molar-refractivity contribution in [3.05, 3.63) is 81.7 Å². The number of hydrogen-bond donors (Lipinski definition) is 0. The van der Waals surface area contributed by atoms with Crippen molar-refractivity contribution >= 4 is 35.3 Å². The summed E-state index contributed by atoms with van der Waals surface area (Å²) in [5, 5.41) is 0. The van der Waals surface area contributed by atoms with E-state index in [1.807, 2.05) is 25.6 Å². The molecule has 144 valence electrons. The predicted octanol–water partition coefficient (Wildman–Crippen LogP) is 7.71. The van der Waals surface area contributed by atoms with Crippen LogP contribution in [0.1, 0.15) is 33.1 Å². The molecule has 0 spiro atoms. The molecule has 0 radical (unpaired) electrons. The van der Waals surface area contributed by atoms with Gasteiger partial charge in [-0.25, -0.2) is 0 Å². The lowest BCUT2D eigenvalue weighted by Gasteiger charge is -2.16. The molecule has 0 amide bonds. The van der Waals surface area contributed by atoms with E-state index in [0.717, 1.165) is 38.4 Å². The van der Waals surface area contributed by atoms with Crippen LogP contribution >= 0.6 is 35.3 Å². The highest BCUT2D eigenvalue weighted by Crippen LogP contribution is 2.28. The Hall–Kier alpha value is -1.31. The van der Waals surface area contributed by atoms with Crippen LogP contribution in [0, 0.1) is 5.92 Å². The van der Waals surface area contributed by atoms with Gasteiger partial charge in [0, 0.05) is 21.0 Å². The largest absolute Gasteiger partial charge is 0.165 e. The third-order valence-electron chi connectivity index (χ3n) is 3.85. The van der Waals surface area contributed by atoms with Crippen LogP contribution in [-0.4, -0.2) is 23.5 Å². The molecule has 0 saturated heterocycles. The van der Waals surface area contributed by atoms with Gasteiger partial charge < -0.3 is 0 Å². The van der Waals surface area contributed by atoms with Gasteiger partial charge in [0.1, 0.15) is 0 Å². The number of thioether (sulfide) groups is 3. The molecule has 0 saturated carbocycles. The first kappa shape index (κ1) is 25.7. The summed E-state index contributed by atoms with van der Waals surface area (Å²) >= 11 is 5.52. The van der Waals surface area contributed by atoms with Crippen molar-refractivity contribution in [2.24, 2.45) is 5.92 Å². The molecule has 0 N–H and O–H groups in total. The summed E-state index contributed by atoms with van der Waals surface area (Å²) in [7, 11) is 0. The van der Waals surface area contributed by atoms with Gasteiger partial charge in [-0.3, -0.25) is 0 Å². The highest BCUT2D eigenvalue weighted by atomic mass is 32.2. The second-order valence-electron chi connectivity index (χ2n) is 5.87. The van der Waals surface area contributed by atoms with Crippen molar-refractivity contribution in [3.8, 4) is 0 Å². The van der Waals surface area contributed by atoms with E-state index in [1.54, 1.807) is 23.5 Å². The molecule has 3 heteroatoms. The van der Waals surface area contributed by atoms with Crippen molar-refractivity contribution in [3.63, 3.8) is 0 Å². The summed E-state index contributed by atoms with van der Waals surface area (Å²) in [6, 6.07) is 0. The van der Waals surface area contributed by atoms with Gasteiger partial charge in [0.15, 0.2) is 0 Å². The first-order valence-corrected chi connectivity index (χ1v) is 12.2. The van der Waals surface area contributed by atoms with Crippen molar-refractivity contribution < 1.29 is 0 Å². The van der Waals surface area contributed by atoms with Crippen LogP contribution in [0.3, 0.4) is 0 Å². The lowest BCUT2D eigenvalue weighted by Crippen LogP contribution is -2.05. The fourth-order valence-corrected chi connectivity index (χ4v) is 4.55. The van der Waals surface area contributed by atoms with Crippen LogP contribution in [-0.2, 0) is 0 Å². The van der Waals surface area contributed by atoms with E-state index in [0.29, 0.717) is 0 Å². The summed E-state index contributed by atoms with van der Waals surface area (Å²) in [4.78, 5) is 2.10. The lowest BCUT2D eigenvalue weighted by molar-refractivity contribution is 0.489. The van der Waals surface area contributed by atoms with E-state index in [-0.39, 0.29) is 0 Å². The fraction of sp³-hybridized carbons (Fsp3) is 0.417. The van der Waals surface area contributed by atoms with E-state index in [4.69, 9.17) is 0 Å². The zero-order chi connectivity index (χ0) is 20.5. The highest BCUT2D eigenvalue weighted by molar-refractivity contribution is 8.03. The van der Waals surface area contributed by atoms with Gasteiger partial charge in [-0.05, 0) is 87.2 Å². The fourth-order valence-electron chi connectivity index (χ4n) is 2.05. The normalized spacial score (nSPS) is 10.2. The molecule has 0 aromatic heterocycles. The maximum atomic E-state index is 4.13. The number of rotatable bonds is 13. The van der Waals surface area contributed by atoms with Crippen molar-refractivity contribution in [1.82, 2.24) is 0 Å². The zero-order valence-electron chi connectivity index (χ0n) is 16.9. The molecule has 0 unspecified atom stereocenters. The van der Waals surface area contributed by atoms with E-state index in [9.17, 15) is 0 Å². The van der Waals surface area contributed by atoms with Gasteiger partial charge in [-0.2, -0.15) is 11.8 Å². The Morgan fingerprint density at radius 2 is 1.19 bits per heavy atom. The SMILES string of the molecule is C=C=C=C=C(C)C(=C)SCCC(CCSC)CCSC(=C)C(C)=C=C=C=C. The molecule has 0 heterocycles. The second kappa shape index (κ2) is 16.8. The molecule has 0 bridgehead atoms. The standard InChI is InChI=1S/C24H30S3/c1-8-10-12-20(3)22(5)26-18-15-24(14-17-25-7)16-19-27-23(6)21(4)13-11-9-2/h24H,1-2,5-6,14-19H2,3-4,7H3. The third kappa shape index (κ3) is 13.5. The van der Waals surface area contributed by atoms with Crippen LogP contribution in [0.5, 0.6) is 0 Å². The topological polar surface area (TPSA) is 0 Å². The minimum atomic E-state index is 0.721. The summed E-state index contributed by atoms with van der Waals surface area (Å²) in [6.45, 7) is 19.2. The molecule has 0 aliphatic rings. The Balaban J connectivity index is 4.55. The van der Waals surface area contributed by atoms with Gasteiger partial charge >= 0.3 is 0 Å². The van der Waals surface area contributed by atoms with Crippen molar-refractivity contribution in [1.29, 1.82) is 0 Å². The maximum Gasteiger partial charge on any atom is 0.0129 e. The molecule has 27 heavy (non-hydrogen) atoms. The molecular weight excluding hydrogens is 384 g/mol. The Kier molecular flexibility index (Phi) is 16.0. The summed E-state index contributed by atoms with van der Waals surface area (Å²) in [5.41, 5.74) is 18.7. The van der Waals surface area contributed by atoms with E-state index in [2.05, 4.69) is 67.0 Å². The van der Waals surface area contributed by atoms with Crippen molar-refractivity contribution in [2.45, 2.75) is 33.1 Å². The maximum absolute atomic E-state index is 4.13. The van der Waals surface area contributed by atoms with E-state index in [1.165, 1.54) is 25.0 Å². The minimum absolute atomic E-state index is 0.721. The van der Waals surface area contributed by atoms with Crippen molar-refractivity contribution in [2.75, 3.05) is 23.5 Å². The van der Waals surface area contributed by atoms with E-state index < -0.39 is 0 Å². The van der Waals surface area contributed by atoms with Gasteiger partial charge in [-0.15, -0.1) is 23.5 Å². The molecule has 0 fully saturated rings. The molecule has 0 aromatic rings. The Morgan fingerprint density at radius 3 is 1.56 bits per heavy atom. The van der Waals surface area contributed by atoms with Crippen LogP contribution in [0.15, 0.2) is 81.7 Å². The summed E-state index contributed by atoms with van der Waals surface area (Å²) in [5.74, 6) is 4.08.